The van der Waals surface area contributed by atoms with E-state index < -0.39 is 0 Å². The lowest BCUT2D eigenvalue weighted by Gasteiger charge is -2.30. The highest BCUT2D eigenvalue weighted by Crippen LogP contribution is 2.11. The van der Waals surface area contributed by atoms with Gasteiger partial charge in [-0.3, -0.25) is 4.79 Å². The summed E-state index contributed by atoms with van der Waals surface area (Å²) >= 11 is 0. The molecule has 1 aliphatic heterocycles. The number of hydrogen-bond acceptors (Lipinski definition) is 2. The van der Waals surface area contributed by atoms with Gasteiger partial charge in [0.05, 0.1) is 6.10 Å². The molecule has 0 radical (unpaired) electrons. The summed E-state index contributed by atoms with van der Waals surface area (Å²) in [6, 6.07) is 0. The molecule has 0 aromatic heterocycles. The zero-order valence-electron chi connectivity index (χ0n) is 7.62. The van der Waals surface area contributed by atoms with Crippen LogP contribution in [0.4, 0.5) is 0 Å². The number of likely N-dealkylation sites (tertiary alicyclic amines) is 1. The van der Waals surface area contributed by atoms with Gasteiger partial charge in [-0.05, 0) is 19.3 Å². The molecule has 0 aliphatic carbocycles. The van der Waals surface area contributed by atoms with Crippen molar-refractivity contribution >= 4 is 5.91 Å². The van der Waals surface area contributed by atoms with E-state index in [4.69, 9.17) is 0 Å². The summed E-state index contributed by atoms with van der Waals surface area (Å²) in [4.78, 5) is 13.1. The number of piperidine rings is 1. The first-order valence-electron chi connectivity index (χ1n) is 4.70. The van der Waals surface area contributed by atoms with Crippen molar-refractivity contribution in [1.82, 2.24) is 4.90 Å². The molecule has 0 bridgehead atoms. The van der Waals surface area contributed by atoms with E-state index >= 15 is 0 Å². The zero-order chi connectivity index (χ0) is 8.97. The molecule has 1 amide bonds. The molecular formula is C9H17NO2. The first kappa shape index (κ1) is 9.52. The Morgan fingerprint density at radius 2 is 2.42 bits per heavy atom. The standard InChI is InChI=1S/C9H17NO2/c1-2-4-9(12)10-6-3-5-8(11)7-10/h8,11H,2-7H2,1H3/t8-/m1/s1. The Hall–Kier alpha value is -0.570. The van der Waals surface area contributed by atoms with Gasteiger partial charge >= 0.3 is 0 Å². The quantitative estimate of drug-likeness (QED) is 0.666. The van der Waals surface area contributed by atoms with Crippen molar-refractivity contribution in [3.05, 3.63) is 0 Å². The highest BCUT2D eigenvalue weighted by molar-refractivity contribution is 5.76. The van der Waals surface area contributed by atoms with Crippen molar-refractivity contribution in [3.8, 4) is 0 Å². The number of β-amino-alcohol motifs (C(OH)–C–C–N with tert-alkyl or cyclic N) is 1. The second-order valence-corrected chi connectivity index (χ2v) is 3.39. The van der Waals surface area contributed by atoms with Crippen LogP contribution < -0.4 is 0 Å². The van der Waals surface area contributed by atoms with E-state index in [0.717, 1.165) is 25.8 Å². The molecule has 1 rings (SSSR count). The molecule has 0 spiro atoms. The SMILES string of the molecule is CCCC(=O)N1CCC[C@@H](O)C1. The van der Waals surface area contributed by atoms with E-state index in [-0.39, 0.29) is 12.0 Å². The van der Waals surface area contributed by atoms with Gasteiger partial charge in [-0.15, -0.1) is 0 Å². The highest BCUT2D eigenvalue weighted by Gasteiger charge is 2.20. The average Bonchev–Trinajstić information content (AvgIpc) is 2.05. The molecule has 0 aromatic carbocycles. The fourth-order valence-corrected chi connectivity index (χ4v) is 1.55. The van der Waals surface area contributed by atoms with Crippen LogP contribution in [0, 0.1) is 0 Å². The van der Waals surface area contributed by atoms with E-state index in [1.165, 1.54) is 0 Å². The topological polar surface area (TPSA) is 40.5 Å². The summed E-state index contributed by atoms with van der Waals surface area (Å²) < 4.78 is 0. The molecule has 0 saturated carbocycles. The van der Waals surface area contributed by atoms with Gasteiger partial charge in [0.15, 0.2) is 0 Å². The first-order chi connectivity index (χ1) is 5.74. The smallest absolute Gasteiger partial charge is 0.222 e. The molecule has 3 heteroatoms. The fraction of sp³-hybridized carbons (Fsp3) is 0.889. The third kappa shape index (κ3) is 2.48. The van der Waals surface area contributed by atoms with Gasteiger partial charge in [0.1, 0.15) is 0 Å². The van der Waals surface area contributed by atoms with Crippen LogP contribution in [-0.2, 0) is 4.79 Å². The predicted octanol–water partition coefficient (Wildman–Crippen LogP) is 0.770. The van der Waals surface area contributed by atoms with E-state index in [9.17, 15) is 9.90 Å². The van der Waals surface area contributed by atoms with Crippen LogP contribution in [0.1, 0.15) is 32.6 Å². The lowest BCUT2D eigenvalue weighted by Crippen LogP contribution is -2.41. The number of rotatable bonds is 2. The Bertz CT molecular complexity index is 159. The van der Waals surface area contributed by atoms with Crippen molar-refractivity contribution < 1.29 is 9.90 Å². The Morgan fingerprint density at radius 1 is 1.67 bits per heavy atom. The third-order valence-electron chi connectivity index (χ3n) is 2.21. The van der Waals surface area contributed by atoms with E-state index in [1.54, 1.807) is 4.90 Å². The number of aliphatic hydroxyl groups is 1. The maximum absolute atomic E-state index is 11.4. The molecule has 1 fully saturated rings. The minimum absolute atomic E-state index is 0.191. The fourth-order valence-electron chi connectivity index (χ4n) is 1.55. The predicted molar refractivity (Wildman–Crippen MR) is 46.7 cm³/mol. The minimum Gasteiger partial charge on any atom is -0.391 e. The third-order valence-corrected chi connectivity index (χ3v) is 2.21. The van der Waals surface area contributed by atoms with Gasteiger partial charge in [-0.25, -0.2) is 0 Å². The lowest BCUT2D eigenvalue weighted by molar-refractivity contribution is -0.134. The number of amides is 1. The van der Waals surface area contributed by atoms with Crippen LogP contribution in [0.5, 0.6) is 0 Å². The highest BCUT2D eigenvalue weighted by atomic mass is 16.3. The summed E-state index contributed by atoms with van der Waals surface area (Å²) in [5, 5.41) is 9.30. The molecule has 70 valence electrons. The number of carbonyl (C=O) groups excluding carboxylic acids is 1. The normalized spacial score (nSPS) is 24.2. The Labute approximate surface area is 73.4 Å². The molecule has 0 aromatic rings. The summed E-state index contributed by atoms with van der Waals surface area (Å²) in [6.45, 7) is 3.37. The largest absolute Gasteiger partial charge is 0.391 e. The number of carbonyl (C=O) groups is 1. The monoisotopic (exact) mass is 171 g/mol. The van der Waals surface area contributed by atoms with Crippen LogP contribution in [0.2, 0.25) is 0 Å². The molecule has 0 unspecified atom stereocenters. The first-order valence-corrected chi connectivity index (χ1v) is 4.70. The van der Waals surface area contributed by atoms with Crippen molar-refractivity contribution in [1.29, 1.82) is 0 Å². The molecule has 1 N–H and O–H groups in total. The molecular weight excluding hydrogens is 154 g/mol. The molecule has 1 heterocycles. The van der Waals surface area contributed by atoms with Crippen LogP contribution in [0.3, 0.4) is 0 Å². The van der Waals surface area contributed by atoms with E-state index in [1.807, 2.05) is 6.92 Å². The number of hydrogen-bond donors (Lipinski definition) is 1. The Kier molecular flexibility index (Phi) is 3.53. The van der Waals surface area contributed by atoms with Crippen molar-refractivity contribution in [2.24, 2.45) is 0 Å². The maximum Gasteiger partial charge on any atom is 0.222 e. The van der Waals surface area contributed by atoms with Gasteiger partial charge in [0.25, 0.3) is 0 Å². The second kappa shape index (κ2) is 4.45. The molecule has 1 saturated heterocycles. The summed E-state index contributed by atoms with van der Waals surface area (Å²) in [5.74, 6) is 0.191. The second-order valence-electron chi connectivity index (χ2n) is 3.39. The molecule has 1 aliphatic rings. The molecule has 3 nitrogen and oxygen atoms in total. The Balaban J connectivity index is 2.35. The van der Waals surface area contributed by atoms with Crippen LogP contribution in [0.25, 0.3) is 0 Å². The summed E-state index contributed by atoms with van der Waals surface area (Å²) in [6.07, 6.45) is 3.00. The molecule has 12 heavy (non-hydrogen) atoms. The summed E-state index contributed by atoms with van der Waals surface area (Å²) in [7, 11) is 0. The number of aliphatic hydroxyl groups excluding tert-OH is 1. The van der Waals surface area contributed by atoms with Gasteiger partial charge in [0, 0.05) is 19.5 Å². The van der Waals surface area contributed by atoms with Crippen molar-refractivity contribution in [2.75, 3.05) is 13.1 Å². The van der Waals surface area contributed by atoms with Gasteiger partial charge in [0.2, 0.25) is 5.91 Å². The van der Waals surface area contributed by atoms with E-state index in [0.29, 0.717) is 13.0 Å². The van der Waals surface area contributed by atoms with Crippen LogP contribution >= 0.6 is 0 Å². The van der Waals surface area contributed by atoms with Gasteiger partial charge in [-0.2, -0.15) is 0 Å². The Morgan fingerprint density at radius 3 is 3.00 bits per heavy atom. The average molecular weight is 171 g/mol. The molecule has 1 atom stereocenters. The van der Waals surface area contributed by atoms with Crippen molar-refractivity contribution in [3.63, 3.8) is 0 Å². The summed E-state index contributed by atoms with van der Waals surface area (Å²) in [5.41, 5.74) is 0. The van der Waals surface area contributed by atoms with Crippen LogP contribution in [0.15, 0.2) is 0 Å². The lowest BCUT2D eigenvalue weighted by atomic mass is 10.1. The zero-order valence-corrected chi connectivity index (χ0v) is 7.62. The van der Waals surface area contributed by atoms with Gasteiger partial charge < -0.3 is 10.0 Å². The maximum atomic E-state index is 11.4. The van der Waals surface area contributed by atoms with Crippen LogP contribution in [-0.4, -0.2) is 35.1 Å². The number of nitrogens with zero attached hydrogens (tertiary/aromatic N) is 1. The van der Waals surface area contributed by atoms with E-state index in [2.05, 4.69) is 0 Å². The minimum atomic E-state index is -0.292. The van der Waals surface area contributed by atoms with Gasteiger partial charge in [-0.1, -0.05) is 6.92 Å². The van der Waals surface area contributed by atoms with Crippen molar-refractivity contribution in [2.45, 2.75) is 38.7 Å².